The van der Waals surface area contributed by atoms with Crippen molar-refractivity contribution in [2.45, 2.75) is 66.2 Å². The molecule has 2 nitrogen and oxygen atoms in total. The van der Waals surface area contributed by atoms with E-state index in [-0.39, 0.29) is 16.6 Å². The van der Waals surface area contributed by atoms with Gasteiger partial charge in [-0.15, -0.1) is 0 Å². The molecule has 0 heterocycles. The minimum Gasteiger partial charge on any atom is -0.300 e. The summed E-state index contributed by atoms with van der Waals surface area (Å²) < 4.78 is 0. The van der Waals surface area contributed by atoms with E-state index in [4.69, 9.17) is 0 Å². The van der Waals surface area contributed by atoms with Gasteiger partial charge in [0.25, 0.3) is 0 Å². The Balaban J connectivity index is 2.56. The van der Waals surface area contributed by atoms with E-state index in [2.05, 4.69) is 20.8 Å². The first-order chi connectivity index (χ1) is 7.29. The van der Waals surface area contributed by atoms with Gasteiger partial charge in [-0.25, -0.2) is 0 Å². The zero-order chi connectivity index (χ0) is 12.4. The fraction of sp³-hybridized carbons (Fsp3) is 0.857. The van der Waals surface area contributed by atoms with E-state index in [1.165, 1.54) is 0 Å². The molecule has 0 aliphatic heterocycles. The number of carbonyl (C=O) groups is 2. The molecule has 0 bridgehead atoms. The van der Waals surface area contributed by atoms with Crippen LogP contribution in [0.3, 0.4) is 0 Å². The second-order valence-corrected chi connectivity index (χ2v) is 6.05. The van der Waals surface area contributed by atoms with Crippen LogP contribution >= 0.6 is 0 Å². The maximum atomic E-state index is 12.3. The lowest BCUT2D eigenvalue weighted by Crippen LogP contribution is -2.37. The maximum Gasteiger partial charge on any atom is 0.139 e. The second kappa shape index (κ2) is 4.68. The normalized spacial score (nSPS) is 28.0. The zero-order valence-corrected chi connectivity index (χ0v) is 11.1. The molecule has 2 heteroatoms. The summed E-state index contributed by atoms with van der Waals surface area (Å²) in [5.41, 5.74) is -0.0376. The lowest BCUT2D eigenvalue weighted by Gasteiger charge is -2.37. The summed E-state index contributed by atoms with van der Waals surface area (Å²) in [6.07, 6.45) is 5.14. The van der Waals surface area contributed by atoms with E-state index < -0.39 is 0 Å². The minimum atomic E-state index is -0.163. The highest BCUT2D eigenvalue weighted by Crippen LogP contribution is 2.53. The third-order valence-electron chi connectivity index (χ3n) is 4.52. The van der Waals surface area contributed by atoms with Crippen molar-refractivity contribution >= 4 is 11.6 Å². The molecule has 0 N–H and O–H groups in total. The van der Waals surface area contributed by atoms with Gasteiger partial charge in [-0.3, -0.25) is 4.79 Å². The Kier molecular flexibility index (Phi) is 3.92. The molecule has 1 aliphatic carbocycles. The minimum absolute atomic E-state index is 0.125. The molecule has 0 saturated heterocycles. The summed E-state index contributed by atoms with van der Waals surface area (Å²) in [7, 11) is 0. The summed E-state index contributed by atoms with van der Waals surface area (Å²) in [6.45, 7) is 8.09. The van der Waals surface area contributed by atoms with Crippen molar-refractivity contribution in [1.29, 1.82) is 0 Å². The average molecular weight is 224 g/mol. The van der Waals surface area contributed by atoms with Crippen molar-refractivity contribution in [3.05, 3.63) is 0 Å². The molecular weight excluding hydrogens is 200 g/mol. The molecule has 1 unspecified atom stereocenters. The summed E-state index contributed by atoms with van der Waals surface area (Å²) >= 11 is 0. The molecule has 0 aromatic heterocycles. The van der Waals surface area contributed by atoms with E-state index in [1.807, 2.05) is 0 Å². The molecule has 0 spiro atoms. The first-order valence-electron chi connectivity index (χ1n) is 6.32. The number of carbonyl (C=O) groups excluding carboxylic acids is 2. The van der Waals surface area contributed by atoms with Crippen LogP contribution in [-0.2, 0) is 9.59 Å². The lowest BCUT2D eigenvalue weighted by atomic mass is 9.66. The van der Waals surface area contributed by atoms with Gasteiger partial charge in [-0.05, 0) is 31.6 Å². The van der Waals surface area contributed by atoms with Crippen LogP contribution < -0.4 is 0 Å². The van der Waals surface area contributed by atoms with Gasteiger partial charge in [0.1, 0.15) is 11.6 Å². The molecule has 0 radical (unpaired) electrons. The fourth-order valence-electron chi connectivity index (χ4n) is 2.79. The van der Waals surface area contributed by atoms with Gasteiger partial charge in [-0.1, -0.05) is 27.2 Å². The smallest absolute Gasteiger partial charge is 0.139 e. The largest absolute Gasteiger partial charge is 0.300 e. The summed E-state index contributed by atoms with van der Waals surface area (Å²) in [4.78, 5) is 23.1. The van der Waals surface area contributed by atoms with Crippen LogP contribution in [-0.4, -0.2) is 11.6 Å². The number of hydrogen-bond acceptors (Lipinski definition) is 2. The third kappa shape index (κ3) is 2.53. The van der Waals surface area contributed by atoms with E-state index in [0.29, 0.717) is 18.6 Å². The van der Waals surface area contributed by atoms with Gasteiger partial charge in [-0.2, -0.15) is 0 Å². The molecule has 1 saturated carbocycles. The summed E-state index contributed by atoms with van der Waals surface area (Å²) in [5, 5.41) is 0. The summed E-state index contributed by atoms with van der Waals surface area (Å²) in [5.74, 6) is 0.542. The molecular formula is C14H24O2. The number of Topliss-reactive ketones (excluding diaryl/α,β-unsaturated/α-hetero) is 2. The number of hydrogen-bond donors (Lipinski definition) is 0. The SMILES string of the molecule is CC(=O)CCCC(=O)C1(C)CCCC1(C)C. The van der Waals surface area contributed by atoms with Crippen LogP contribution in [0.15, 0.2) is 0 Å². The molecule has 0 amide bonds. The van der Waals surface area contributed by atoms with Gasteiger partial charge in [0.15, 0.2) is 0 Å². The summed E-state index contributed by atoms with van der Waals surface area (Å²) in [6, 6.07) is 0. The molecule has 0 aromatic rings. The molecule has 1 aliphatic rings. The number of rotatable bonds is 5. The first kappa shape index (κ1) is 13.4. The van der Waals surface area contributed by atoms with Crippen LogP contribution in [0.1, 0.15) is 66.2 Å². The first-order valence-corrected chi connectivity index (χ1v) is 6.32. The van der Waals surface area contributed by atoms with E-state index >= 15 is 0 Å². The van der Waals surface area contributed by atoms with Crippen LogP contribution in [0.4, 0.5) is 0 Å². The molecule has 1 rings (SSSR count). The Labute approximate surface area is 98.8 Å². The highest BCUT2D eigenvalue weighted by Gasteiger charge is 2.49. The van der Waals surface area contributed by atoms with Crippen LogP contribution in [0.25, 0.3) is 0 Å². The predicted octanol–water partition coefficient (Wildman–Crippen LogP) is 3.53. The second-order valence-electron chi connectivity index (χ2n) is 6.05. The lowest BCUT2D eigenvalue weighted by molar-refractivity contribution is -0.132. The fourth-order valence-corrected chi connectivity index (χ4v) is 2.79. The van der Waals surface area contributed by atoms with Crippen LogP contribution in [0.5, 0.6) is 0 Å². The Hall–Kier alpha value is -0.660. The molecule has 16 heavy (non-hydrogen) atoms. The van der Waals surface area contributed by atoms with E-state index in [9.17, 15) is 9.59 Å². The highest BCUT2D eigenvalue weighted by atomic mass is 16.1. The number of ketones is 2. The van der Waals surface area contributed by atoms with Gasteiger partial charge in [0.05, 0.1) is 0 Å². The van der Waals surface area contributed by atoms with Gasteiger partial charge < -0.3 is 4.79 Å². The van der Waals surface area contributed by atoms with Gasteiger partial charge in [0.2, 0.25) is 0 Å². The monoisotopic (exact) mass is 224 g/mol. The Bertz CT molecular complexity index is 291. The molecule has 92 valence electrons. The topological polar surface area (TPSA) is 34.1 Å². The third-order valence-corrected chi connectivity index (χ3v) is 4.52. The van der Waals surface area contributed by atoms with Crippen molar-refractivity contribution in [2.24, 2.45) is 10.8 Å². The van der Waals surface area contributed by atoms with Crippen molar-refractivity contribution in [1.82, 2.24) is 0 Å². The van der Waals surface area contributed by atoms with Crippen molar-refractivity contribution in [3.8, 4) is 0 Å². The predicted molar refractivity (Wildman–Crippen MR) is 65.3 cm³/mol. The van der Waals surface area contributed by atoms with Crippen molar-refractivity contribution < 1.29 is 9.59 Å². The van der Waals surface area contributed by atoms with Crippen LogP contribution in [0.2, 0.25) is 0 Å². The van der Waals surface area contributed by atoms with E-state index in [0.717, 1.165) is 25.7 Å². The van der Waals surface area contributed by atoms with Crippen molar-refractivity contribution in [2.75, 3.05) is 0 Å². The highest BCUT2D eigenvalue weighted by molar-refractivity contribution is 5.86. The zero-order valence-electron chi connectivity index (χ0n) is 11.1. The molecule has 1 fully saturated rings. The maximum absolute atomic E-state index is 12.3. The quantitative estimate of drug-likeness (QED) is 0.716. The van der Waals surface area contributed by atoms with Crippen LogP contribution in [0, 0.1) is 10.8 Å². The standard InChI is InChI=1S/C14H24O2/c1-11(15)7-5-8-12(16)14(4)10-6-9-13(14,2)3/h5-10H2,1-4H3. The molecule has 1 atom stereocenters. The van der Waals surface area contributed by atoms with Gasteiger partial charge >= 0.3 is 0 Å². The van der Waals surface area contributed by atoms with Gasteiger partial charge in [0, 0.05) is 18.3 Å². The Morgan fingerprint density at radius 2 is 1.69 bits per heavy atom. The molecule has 0 aromatic carbocycles. The average Bonchev–Trinajstić information content (AvgIpc) is 2.41. The van der Waals surface area contributed by atoms with E-state index in [1.54, 1.807) is 6.92 Å². The Morgan fingerprint density at radius 3 is 2.12 bits per heavy atom. The van der Waals surface area contributed by atoms with Crippen molar-refractivity contribution in [3.63, 3.8) is 0 Å². The Morgan fingerprint density at radius 1 is 1.06 bits per heavy atom.